The van der Waals surface area contributed by atoms with Crippen molar-refractivity contribution < 1.29 is 9.59 Å². The zero-order chi connectivity index (χ0) is 20.4. The minimum atomic E-state index is -0.735. The van der Waals surface area contributed by atoms with Crippen molar-refractivity contribution >= 4 is 17.8 Å². The number of urea groups is 2. The van der Waals surface area contributed by atoms with Crippen molar-refractivity contribution in [2.24, 2.45) is 16.8 Å². The van der Waals surface area contributed by atoms with Crippen LogP contribution in [0.5, 0.6) is 0 Å². The van der Waals surface area contributed by atoms with Gasteiger partial charge in [0.2, 0.25) is 0 Å². The maximum atomic E-state index is 12.9. The lowest BCUT2D eigenvalue weighted by molar-refractivity contribution is 0.166. The van der Waals surface area contributed by atoms with Crippen LogP contribution in [0.3, 0.4) is 0 Å². The number of carbonyl (C=O) groups is 2. The van der Waals surface area contributed by atoms with Gasteiger partial charge < -0.3 is 5.32 Å². The molecule has 1 fully saturated rings. The topological polar surface area (TPSA) is 98.4 Å². The molecule has 0 spiro atoms. The Bertz CT molecular complexity index is 1010. The zero-order valence-electron chi connectivity index (χ0n) is 16.1. The molecule has 4 amide bonds. The molecule has 7 nitrogen and oxygen atoms in total. The number of rotatable bonds is 4. The van der Waals surface area contributed by atoms with Gasteiger partial charge in [0.25, 0.3) is 0 Å². The van der Waals surface area contributed by atoms with E-state index in [1.54, 1.807) is 19.3 Å². The molecule has 1 N–H and O–H groups in total. The lowest BCUT2D eigenvalue weighted by atomic mass is 9.87. The number of benzene rings is 1. The van der Waals surface area contributed by atoms with Crippen molar-refractivity contribution in [3.05, 3.63) is 54.4 Å². The van der Waals surface area contributed by atoms with E-state index in [0.29, 0.717) is 23.7 Å². The summed E-state index contributed by atoms with van der Waals surface area (Å²) in [6, 6.07) is 11.7. The molecule has 0 radical (unpaired) electrons. The molecule has 1 saturated carbocycles. The molecular formula is C22H21N5O2. The maximum Gasteiger partial charge on any atom is 0.352 e. The lowest BCUT2D eigenvalue weighted by Crippen LogP contribution is -2.50. The molecule has 1 aromatic heterocycles. The minimum Gasteiger partial charge on any atom is -0.337 e. The average Bonchev–Trinajstić information content (AvgIpc) is 3.57. The summed E-state index contributed by atoms with van der Waals surface area (Å²) in [6.07, 6.45) is 5.62. The molecule has 29 heavy (non-hydrogen) atoms. The zero-order valence-corrected chi connectivity index (χ0v) is 16.1. The van der Waals surface area contributed by atoms with Crippen molar-refractivity contribution in [2.75, 3.05) is 6.54 Å². The largest absolute Gasteiger partial charge is 0.352 e. The highest BCUT2D eigenvalue weighted by atomic mass is 16.2. The average molecular weight is 387 g/mol. The van der Waals surface area contributed by atoms with Crippen molar-refractivity contribution in [3.8, 4) is 17.2 Å². The number of aliphatic imine (C=N–C) groups is 1. The van der Waals surface area contributed by atoms with Crippen molar-refractivity contribution in [3.63, 3.8) is 0 Å². The fourth-order valence-corrected chi connectivity index (χ4v) is 3.56. The molecule has 7 heteroatoms. The van der Waals surface area contributed by atoms with E-state index in [-0.39, 0.29) is 0 Å². The van der Waals surface area contributed by atoms with Gasteiger partial charge in [0.05, 0.1) is 12.1 Å². The summed E-state index contributed by atoms with van der Waals surface area (Å²) in [4.78, 5) is 34.7. The number of hydrogen-bond acceptors (Lipinski definition) is 4. The normalized spacial score (nSPS) is 21.3. The Labute approximate surface area is 169 Å². The van der Waals surface area contributed by atoms with Gasteiger partial charge in [0, 0.05) is 24.7 Å². The minimum absolute atomic E-state index is 0.417. The summed E-state index contributed by atoms with van der Waals surface area (Å²) in [5.74, 6) is -0.230. The van der Waals surface area contributed by atoms with Crippen LogP contribution in [-0.2, 0) is 0 Å². The van der Waals surface area contributed by atoms with Gasteiger partial charge in [-0.3, -0.25) is 4.98 Å². The van der Waals surface area contributed by atoms with E-state index in [0.717, 1.165) is 28.9 Å². The second kappa shape index (κ2) is 7.84. The summed E-state index contributed by atoms with van der Waals surface area (Å²) < 4.78 is 0. The Balaban J connectivity index is 1.72. The van der Waals surface area contributed by atoms with Gasteiger partial charge in [-0.25, -0.2) is 19.5 Å². The summed E-state index contributed by atoms with van der Waals surface area (Å²) in [6.45, 7) is 2.19. The van der Waals surface area contributed by atoms with Crippen LogP contribution in [0.25, 0.3) is 11.1 Å². The molecule has 0 saturated heterocycles. The second-order valence-corrected chi connectivity index (χ2v) is 7.45. The molecule has 4 rings (SSSR count). The molecule has 1 aliphatic carbocycles. The molecule has 2 unspecified atom stereocenters. The predicted octanol–water partition coefficient (Wildman–Crippen LogP) is 3.95. The third-order valence-corrected chi connectivity index (χ3v) is 5.34. The number of nitriles is 1. The van der Waals surface area contributed by atoms with Crippen molar-refractivity contribution in [2.45, 2.75) is 25.8 Å². The summed E-state index contributed by atoms with van der Waals surface area (Å²) in [5.41, 5.74) is 2.95. The molecule has 1 aliphatic heterocycles. The Morgan fingerprint density at radius 2 is 2.07 bits per heavy atom. The van der Waals surface area contributed by atoms with E-state index in [4.69, 9.17) is 0 Å². The Kier molecular flexibility index (Phi) is 5.09. The monoisotopic (exact) mass is 387 g/mol. The fraction of sp³-hybridized carbons (Fsp3) is 0.318. The molecule has 146 valence electrons. The third-order valence-electron chi connectivity index (χ3n) is 5.34. The highest BCUT2D eigenvalue weighted by Gasteiger charge is 2.42. The number of amides is 4. The quantitative estimate of drug-likeness (QED) is 0.859. The smallest absolute Gasteiger partial charge is 0.337 e. The van der Waals surface area contributed by atoms with Gasteiger partial charge in [-0.15, -0.1) is 0 Å². The number of hydrogen-bond donors (Lipinski definition) is 1. The van der Waals surface area contributed by atoms with E-state index in [9.17, 15) is 14.9 Å². The first-order valence-corrected chi connectivity index (χ1v) is 9.64. The standard InChI is InChI=1S/C22H21N5O2/c1-14-19(11-23)20(27(22(29)26-14)21(28)25-12-15-7-8-15)17-5-2-4-16(10-17)18-6-3-9-24-13-18/h2-6,9-10,13,15,19-20H,7-8,12H2,1H3,(H,25,28). The van der Waals surface area contributed by atoms with Gasteiger partial charge in [-0.1, -0.05) is 24.3 Å². The molecule has 1 aromatic carbocycles. The van der Waals surface area contributed by atoms with Crippen LogP contribution in [-0.4, -0.2) is 34.2 Å². The van der Waals surface area contributed by atoms with Crippen LogP contribution in [0.1, 0.15) is 31.4 Å². The highest BCUT2D eigenvalue weighted by Crippen LogP contribution is 2.36. The van der Waals surface area contributed by atoms with Crippen molar-refractivity contribution in [1.82, 2.24) is 15.2 Å². The SMILES string of the molecule is CC1=NC(=O)N(C(=O)NCC2CC2)C(c2cccc(-c3cccnc3)c2)C1C#N. The van der Waals surface area contributed by atoms with Crippen LogP contribution in [0.15, 0.2) is 53.8 Å². The third kappa shape index (κ3) is 3.87. The van der Waals surface area contributed by atoms with Crippen LogP contribution >= 0.6 is 0 Å². The van der Waals surface area contributed by atoms with Crippen LogP contribution < -0.4 is 5.32 Å². The first-order chi connectivity index (χ1) is 14.1. The number of pyridine rings is 1. The first kappa shape index (κ1) is 18.8. The van der Waals surface area contributed by atoms with Crippen LogP contribution in [0.2, 0.25) is 0 Å². The van der Waals surface area contributed by atoms with E-state index in [1.165, 1.54) is 0 Å². The molecule has 2 heterocycles. The van der Waals surface area contributed by atoms with Gasteiger partial charge in [0.15, 0.2) is 0 Å². The Hall–Kier alpha value is -3.53. The molecule has 0 bridgehead atoms. The summed E-state index contributed by atoms with van der Waals surface area (Å²) in [7, 11) is 0. The van der Waals surface area contributed by atoms with Gasteiger partial charge >= 0.3 is 12.1 Å². The van der Waals surface area contributed by atoms with Gasteiger partial charge in [0.1, 0.15) is 5.92 Å². The first-order valence-electron chi connectivity index (χ1n) is 9.64. The van der Waals surface area contributed by atoms with Crippen molar-refractivity contribution in [1.29, 1.82) is 5.26 Å². The maximum absolute atomic E-state index is 12.9. The highest BCUT2D eigenvalue weighted by molar-refractivity contribution is 6.05. The fourth-order valence-electron chi connectivity index (χ4n) is 3.56. The van der Waals surface area contributed by atoms with E-state index in [2.05, 4.69) is 21.4 Å². The molecular weight excluding hydrogens is 366 g/mol. The molecule has 2 atom stereocenters. The molecule has 2 aromatic rings. The van der Waals surface area contributed by atoms with Crippen LogP contribution in [0, 0.1) is 23.2 Å². The Morgan fingerprint density at radius 1 is 1.28 bits per heavy atom. The van der Waals surface area contributed by atoms with E-state index in [1.807, 2.05) is 36.4 Å². The van der Waals surface area contributed by atoms with Crippen LogP contribution in [0.4, 0.5) is 9.59 Å². The number of carbonyl (C=O) groups excluding carboxylic acids is 2. The number of nitrogens with one attached hydrogen (secondary N) is 1. The number of imide groups is 1. The predicted molar refractivity (Wildman–Crippen MR) is 108 cm³/mol. The lowest BCUT2D eigenvalue weighted by Gasteiger charge is -2.35. The summed E-state index contributed by atoms with van der Waals surface area (Å²) in [5, 5.41) is 12.6. The van der Waals surface area contributed by atoms with E-state index >= 15 is 0 Å². The van der Waals surface area contributed by atoms with Gasteiger partial charge in [-0.2, -0.15) is 5.26 Å². The van der Waals surface area contributed by atoms with E-state index < -0.39 is 24.0 Å². The second-order valence-electron chi connectivity index (χ2n) is 7.45. The van der Waals surface area contributed by atoms with Gasteiger partial charge in [-0.05, 0) is 54.5 Å². The summed E-state index contributed by atoms with van der Waals surface area (Å²) >= 11 is 0. The Morgan fingerprint density at radius 3 is 2.76 bits per heavy atom. The number of aromatic nitrogens is 1. The molecule has 2 aliphatic rings. The number of nitrogens with zero attached hydrogens (tertiary/aromatic N) is 4.